The monoisotopic (exact) mass is 564 g/mol. The lowest BCUT2D eigenvalue weighted by Crippen LogP contribution is -2.32. The number of nitrogens with one attached hydrogen (secondary N) is 1. The van der Waals surface area contributed by atoms with E-state index in [1.54, 1.807) is 69.3 Å². The topological polar surface area (TPSA) is 102 Å². The molecule has 0 fully saturated rings. The molecule has 1 aliphatic heterocycles. The van der Waals surface area contributed by atoms with Gasteiger partial charge < -0.3 is 14.8 Å². The molecule has 0 aromatic heterocycles. The summed E-state index contributed by atoms with van der Waals surface area (Å²) in [5, 5.41) is 3.59. The van der Waals surface area contributed by atoms with Crippen LogP contribution in [0.25, 0.3) is 0 Å². The number of anilines is 2. The number of benzene rings is 3. The Morgan fingerprint density at radius 1 is 0.872 bits per heavy atom. The van der Waals surface area contributed by atoms with Gasteiger partial charge in [-0.15, -0.1) is 0 Å². The summed E-state index contributed by atoms with van der Waals surface area (Å²) in [6.07, 6.45) is -0.282. The van der Waals surface area contributed by atoms with Crippen molar-refractivity contribution in [2.75, 3.05) is 16.8 Å². The third-order valence-corrected chi connectivity index (χ3v) is 6.79. The van der Waals surface area contributed by atoms with Crippen LogP contribution < -0.4 is 10.2 Å². The quantitative estimate of drug-likeness (QED) is 0.247. The summed E-state index contributed by atoms with van der Waals surface area (Å²) >= 11 is 7.13. The molecule has 0 bridgehead atoms. The molecule has 0 saturated heterocycles. The van der Waals surface area contributed by atoms with Crippen LogP contribution in [0.15, 0.2) is 88.3 Å². The number of thioether (sulfide) groups is 1. The van der Waals surface area contributed by atoms with Gasteiger partial charge in [-0.1, -0.05) is 23.4 Å². The summed E-state index contributed by atoms with van der Waals surface area (Å²) in [4.78, 5) is 53.3. The van der Waals surface area contributed by atoms with Crippen molar-refractivity contribution in [3.8, 4) is 0 Å². The Labute approximate surface area is 234 Å². The number of imide groups is 1. The minimum atomic E-state index is -0.566. The number of halogens is 1. The first kappa shape index (κ1) is 27.9. The van der Waals surface area contributed by atoms with Crippen molar-refractivity contribution in [2.24, 2.45) is 0 Å². The van der Waals surface area contributed by atoms with Crippen molar-refractivity contribution in [3.05, 3.63) is 99.5 Å². The van der Waals surface area contributed by atoms with Gasteiger partial charge in [0.05, 0.1) is 29.5 Å². The lowest BCUT2D eigenvalue weighted by Gasteiger charge is -2.16. The van der Waals surface area contributed by atoms with Gasteiger partial charge in [-0.3, -0.25) is 9.59 Å². The number of nitrogens with zero attached hydrogens (tertiary/aromatic N) is 1. The fraction of sp³-hybridized carbons (Fsp3) is 0.172. The Balaban J connectivity index is 1.64. The molecule has 0 aliphatic carbocycles. The highest BCUT2D eigenvalue weighted by Gasteiger charge is 2.40. The molecule has 39 heavy (non-hydrogen) atoms. The Bertz CT molecular complexity index is 1430. The van der Waals surface area contributed by atoms with E-state index < -0.39 is 23.8 Å². The van der Waals surface area contributed by atoms with E-state index in [-0.39, 0.29) is 23.3 Å². The highest BCUT2D eigenvalue weighted by atomic mass is 35.5. The van der Waals surface area contributed by atoms with E-state index >= 15 is 0 Å². The number of ether oxygens (including phenoxy) is 2. The molecule has 8 nitrogen and oxygen atoms in total. The van der Waals surface area contributed by atoms with Crippen molar-refractivity contribution in [1.29, 1.82) is 0 Å². The van der Waals surface area contributed by atoms with E-state index in [1.807, 2.05) is 0 Å². The summed E-state index contributed by atoms with van der Waals surface area (Å²) in [5.41, 5.74) is 1.54. The zero-order valence-electron chi connectivity index (χ0n) is 21.4. The summed E-state index contributed by atoms with van der Waals surface area (Å²) < 4.78 is 10.2. The second-order valence-electron chi connectivity index (χ2n) is 8.63. The molecule has 1 aliphatic rings. The molecule has 0 spiro atoms. The van der Waals surface area contributed by atoms with Gasteiger partial charge in [-0.25, -0.2) is 14.5 Å². The molecular weight excluding hydrogens is 540 g/mol. The zero-order chi connectivity index (χ0) is 28.1. The SMILES string of the molecule is CCOC(=O)c1ccc(NC2=C(Sc3ccc(Cl)cc3)C(=O)N(c3ccc(C(=O)OC(C)C)cc3)C2=O)cc1. The second kappa shape index (κ2) is 12.2. The van der Waals surface area contributed by atoms with E-state index in [0.717, 1.165) is 16.7 Å². The maximum atomic E-state index is 13.6. The first-order valence-electron chi connectivity index (χ1n) is 12.1. The third kappa shape index (κ3) is 6.50. The largest absolute Gasteiger partial charge is 0.462 e. The predicted octanol–water partition coefficient (Wildman–Crippen LogP) is 6.07. The van der Waals surface area contributed by atoms with Gasteiger partial charge in [0.2, 0.25) is 0 Å². The maximum Gasteiger partial charge on any atom is 0.338 e. The van der Waals surface area contributed by atoms with Crippen molar-refractivity contribution < 1.29 is 28.7 Å². The number of rotatable bonds is 9. The van der Waals surface area contributed by atoms with Crippen molar-refractivity contribution in [3.63, 3.8) is 0 Å². The normalized spacial score (nSPS) is 13.2. The molecule has 4 rings (SSSR count). The second-order valence-corrected chi connectivity index (χ2v) is 10.1. The summed E-state index contributed by atoms with van der Waals surface area (Å²) in [7, 11) is 0. The Morgan fingerprint density at radius 3 is 2.05 bits per heavy atom. The van der Waals surface area contributed by atoms with Crippen molar-refractivity contribution in [2.45, 2.75) is 31.8 Å². The molecule has 3 aromatic carbocycles. The molecule has 1 heterocycles. The predicted molar refractivity (Wildman–Crippen MR) is 150 cm³/mol. The van der Waals surface area contributed by atoms with E-state index in [9.17, 15) is 19.2 Å². The minimum absolute atomic E-state index is 0.0760. The van der Waals surface area contributed by atoms with Crippen LogP contribution in [0.2, 0.25) is 5.02 Å². The fourth-order valence-electron chi connectivity index (χ4n) is 3.65. The van der Waals surface area contributed by atoms with Crippen LogP contribution in [0, 0.1) is 0 Å². The average molecular weight is 565 g/mol. The van der Waals surface area contributed by atoms with Crippen LogP contribution >= 0.6 is 23.4 Å². The number of esters is 2. The standard InChI is InChI=1S/C29H25ClN2O6S/c1-4-37-28(35)18-5-11-21(12-6-18)31-24-25(39-23-15-9-20(30)10-16-23)27(34)32(26(24)33)22-13-7-19(8-14-22)29(36)38-17(2)3/h5-17,31H,4H2,1-3H3. The summed E-state index contributed by atoms with van der Waals surface area (Å²) in [5.74, 6) is -2.05. The third-order valence-electron chi connectivity index (χ3n) is 5.44. The fourth-order valence-corrected chi connectivity index (χ4v) is 4.70. The van der Waals surface area contributed by atoms with Gasteiger partial charge in [0.25, 0.3) is 11.8 Å². The number of hydrogen-bond acceptors (Lipinski definition) is 8. The molecular formula is C29H25ClN2O6S. The smallest absolute Gasteiger partial charge is 0.338 e. The molecule has 0 radical (unpaired) electrons. The van der Waals surface area contributed by atoms with Crippen LogP contribution in [0.1, 0.15) is 41.5 Å². The highest BCUT2D eigenvalue weighted by molar-refractivity contribution is 8.04. The summed E-state index contributed by atoms with van der Waals surface area (Å²) in [6, 6.07) is 19.3. The first-order chi connectivity index (χ1) is 18.7. The Morgan fingerprint density at radius 2 is 1.46 bits per heavy atom. The Kier molecular flexibility index (Phi) is 8.73. The molecule has 3 aromatic rings. The average Bonchev–Trinajstić information content (AvgIpc) is 3.14. The van der Waals surface area contributed by atoms with Gasteiger partial charge >= 0.3 is 11.9 Å². The number of carbonyl (C=O) groups is 4. The molecule has 1 N–H and O–H groups in total. The molecule has 10 heteroatoms. The van der Waals surface area contributed by atoms with Gasteiger partial charge in [0.1, 0.15) is 10.6 Å². The Hall–Kier alpha value is -4.08. The van der Waals surface area contributed by atoms with Gasteiger partial charge in [0, 0.05) is 15.6 Å². The van der Waals surface area contributed by atoms with E-state index in [2.05, 4.69) is 5.32 Å². The summed E-state index contributed by atoms with van der Waals surface area (Å²) in [6.45, 7) is 5.47. The lowest BCUT2D eigenvalue weighted by atomic mass is 10.2. The van der Waals surface area contributed by atoms with Crippen molar-refractivity contribution >= 4 is 58.5 Å². The molecule has 0 atom stereocenters. The molecule has 0 saturated carbocycles. The van der Waals surface area contributed by atoms with Gasteiger partial charge in [-0.2, -0.15) is 0 Å². The number of carbonyl (C=O) groups excluding carboxylic acids is 4. The van der Waals surface area contributed by atoms with Crippen LogP contribution in [-0.2, 0) is 19.1 Å². The first-order valence-corrected chi connectivity index (χ1v) is 13.3. The number of amides is 2. The van der Waals surface area contributed by atoms with E-state index in [1.165, 1.54) is 24.3 Å². The van der Waals surface area contributed by atoms with Crippen LogP contribution in [-0.4, -0.2) is 36.5 Å². The van der Waals surface area contributed by atoms with Crippen LogP contribution in [0.3, 0.4) is 0 Å². The van der Waals surface area contributed by atoms with Gasteiger partial charge in [0.15, 0.2) is 0 Å². The lowest BCUT2D eigenvalue weighted by molar-refractivity contribution is -0.120. The van der Waals surface area contributed by atoms with Crippen LogP contribution in [0.5, 0.6) is 0 Å². The number of hydrogen-bond donors (Lipinski definition) is 1. The molecule has 200 valence electrons. The highest BCUT2D eigenvalue weighted by Crippen LogP contribution is 2.38. The van der Waals surface area contributed by atoms with Gasteiger partial charge in [-0.05, 0) is 93.6 Å². The van der Waals surface area contributed by atoms with Crippen molar-refractivity contribution in [1.82, 2.24) is 0 Å². The molecule has 2 amide bonds. The minimum Gasteiger partial charge on any atom is -0.462 e. The van der Waals surface area contributed by atoms with Crippen LogP contribution in [0.4, 0.5) is 11.4 Å². The van der Waals surface area contributed by atoms with E-state index in [4.69, 9.17) is 21.1 Å². The maximum absolute atomic E-state index is 13.6. The van der Waals surface area contributed by atoms with E-state index in [0.29, 0.717) is 32.4 Å². The molecule has 0 unspecified atom stereocenters. The zero-order valence-corrected chi connectivity index (χ0v) is 23.0.